The van der Waals surface area contributed by atoms with E-state index in [1.807, 2.05) is 13.0 Å². The van der Waals surface area contributed by atoms with Gasteiger partial charge in [-0.2, -0.15) is 0 Å². The van der Waals surface area contributed by atoms with Gasteiger partial charge in [-0.1, -0.05) is 15.9 Å². The Bertz CT molecular complexity index is 425. The Morgan fingerprint density at radius 1 is 1.44 bits per heavy atom. The van der Waals surface area contributed by atoms with Crippen molar-refractivity contribution in [1.82, 2.24) is 0 Å². The lowest BCUT2D eigenvalue weighted by molar-refractivity contribution is 0.0495. The summed E-state index contributed by atoms with van der Waals surface area (Å²) < 4.78 is 12.1. The lowest BCUT2D eigenvalue weighted by atomic mass is 10.0. The van der Waals surface area contributed by atoms with E-state index in [4.69, 9.17) is 9.47 Å². The minimum atomic E-state index is 0.529. The number of hydrogen-bond donors (Lipinski definition) is 0. The van der Waals surface area contributed by atoms with Crippen LogP contribution in [0.4, 0.5) is 0 Å². The molecule has 1 aliphatic heterocycles. The zero-order chi connectivity index (χ0) is 13.0. The summed E-state index contributed by atoms with van der Waals surface area (Å²) in [6, 6.07) is 3.76. The zero-order valence-corrected chi connectivity index (χ0v) is 12.0. The van der Waals surface area contributed by atoms with Gasteiger partial charge in [-0.05, 0) is 43.4 Å². The molecule has 1 saturated heterocycles. The summed E-state index contributed by atoms with van der Waals surface area (Å²) >= 11 is 3.38. The van der Waals surface area contributed by atoms with Gasteiger partial charge in [0.1, 0.15) is 5.75 Å². The van der Waals surface area contributed by atoms with Gasteiger partial charge in [0.25, 0.3) is 0 Å². The van der Waals surface area contributed by atoms with Gasteiger partial charge < -0.3 is 9.47 Å². The summed E-state index contributed by atoms with van der Waals surface area (Å²) in [4.78, 5) is 11.1. The van der Waals surface area contributed by atoms with Crippen LogP contribution in [-0.2, 0) is 4.74 Å². The summed E-state index contributed by atoms with van der Waals surface area (Å²) in [5, 5.41) is 0. The molecule has 0 unspecified atom stereocenters. The van der Waals surface area contributed by atoms with Crippen molar-refractivity contribution in [1.29, 1.82) is 0 Å². The van der Waals surface area contributed by atoms with E-state index in [0.717, 1.165) is 42.4 Å². The van der Waals surface area contributed by atoms with Crippen molar-refractivity contribution in [3.05, 3.63) is 27.7 Å². The molecule has 1 heterocycles. The largest absolute Gasteiger partial charge is 0.492 e. The van der Waals surface area contributed by atoms with Crippen molar-refractivity contribution in [3.8, 4) is 5.75 Å². The molecular weight excluding hydrogens is 296 g/mol. The van der Waals surface area contributed by atoms with Crippen LogP contribution in [0.3, 0.4) is 0 Å². The summed E-state index contributed by atoms with van der Waals surface area (Å²) in [5.74, 6) is 1.24. The van der Waals surface area contributed by atoms with Crippen molar-refractivity contribution in [2.75, 3.05) is 19.8 Å². The van der Waals surface area contributed by atoms with E-state index in [-0.39, 0.29) is 0 Å². The van der Waals surface area contributed by atoms with Gasteiger partial charge in [0.15, 0.2) is 6.29 Å². The van der Waals surface area contributed by atoms with Crippen molar-refractivity contribution in [3.63, 3.8) is 0 Å². The Morgan fingerprint density at radius 3 is 2.83 bits per heavy atom. The fraction of sp³-hybridized carbons (Fsp3) is 0.500. The Balaban J connectivity index is 2.05. The van der Waals surface area contributed by atoms with Crippen LogP contribution in [0.1, 0.15) is 28.8 Å². The van der Waals surface area contributed by atoms with Gasteiger partial charge in [0, 0.05) is 17.7 Å². The number of carbonyl (C=O) groups excluding carboxylic acids is 1. The maximum absolute atomic E-state index is 11.1. The third-order valence-electron chi connectivity index (χ3n) is 3.20. The molecule has 0 atom stereocenters. The first-order valence-electron chi connectivity index (χ1n) is 6.16. The smallest absolute Gasteiger partial charge is 0.153 e. The van der Waals surface area contributed by atoms with Crippen LogP contribution in [0.2, 0.25) is 0 Å². The number of ether oxygens (including phenoxy) is 2. The molecule has 98 valence electrons. The van der Waals surface area contributed by atoms with Gasteiger partial charge in [-0.25, -0.2) is 0 Å². The van der Waals surface area contributed by atoms with E-state index in [2.05, 4.69) is 15.9 Å². The minimum Gasteiger partial charge on any atom is -0.492 e. The predicted octanol–water partition coefficient (Wildman–Crippen LogP) is 3.38. The summed E-state index contributed by atoms with van der Waals surface area (Å²) in [7, 11) is 0. The third kappa shape index (κ3) is 3.33. The molecule has 3 nitrogen and oxygen atoms in total. The first-order chi connectivity index (χ1) is 8.70. The summed E-state index contributed by atoms with van der Waals surface area (Å²) in [6.45, 7) is 4.24. The second-order valence-electron chi connectivity index (χ2n) is 4.63. The van der Waals surface area contributed by atoms with Crippen molar-refractivity contribution in [2.45, 2.75) is 19.8 Å². The highest BCUT2D eigenvalue weighted by Gasteiger charge is 2.16. The SMILES string of the molecule is Cc1cc(Br)cc(C=O)c1OCC1CCOCC1. The normalized spacial score (nSPS) is 16.6. The molecule has 4 heteroatoms. The second kappa shape index (κ2) is 6.34. The van der Waals surface area contributed by atoms with Crippen molar-refractivity contribution >= 4 is 22.2 Å². The molecule has 0 N–H and O–H groups in total. The topological polar surface area (TPSA) is 35.5 Å². The highest BCUT2D eigenvalue weighted by atomic mass is 79.9. The molecule has 0 saturated carbocycles. The van der Waals surface area contributed by atoms with E-state index >= 15 is 0 Å². The maximum Gasteiger partial charge on any atom is 0.153 e. The Kier molecular flexibility index (Phi) is 4.78. The molecule has 1 aliphatic rings. The molecule has 0 radical (unpaired) electrons. The van der Waals surface area contributed by atoms with Crippen LogP contribution in [0.15, 0.2) is 16.6 Å². The first-order valence-corrected chi connectivity index (χ1v) is 6.96. The zero-order valence-electron chi connectivity index (χ0n) is 10.4. The molecule has 0 spiro atoms. The van der Waals surface area contributed by atoms with E-state index < -0.39 is 0 Å². The summed E-state index contributed by atoms with van der Waals surface area (Å²) in [5.41, 5.74) is 1.59. The monoisotopic (exact) mass is 312 g/mol. The molecule has 0 aliphatic carbocycles. The first kappa shape index (κ1) is 13.6. The van der Waals surface area contributed by atoms with Crippen molar-refractivity contribution in [2.24, 2.45) is 5.92 Å². The van der Waals surface area contributed by atoms with Crippen molar-refractivity contribution < 1.29 is 14.3 Å². The molecule has 2 rings (SSSR count). The minimum absolute atomic E-state index is 0.529. The number of carbonyl (C=O) groups is 1. The van der Waals surface area contributed by atoms with Gasteiger partial charge in [-0.3, -0.25) is 4.79 Å². The number of aldehydes is 1. The molecule has 0 bridgehead atoms. The van der Waals surface area contributed by atoms with Gasteiger partial charge in [0.05, 0.1) is 12.2 Å². The average molecular weight is 313 g/mol. The number of benzene rings is 1. The Morgan fingerprint density at radius 2 is 2.17 bits per heavy atom. The van der Waals surface area contributed by atoms with Crippen LogP contribution >= 0.6 is 15.9 Å². The highest BCUT2D eigenvalue weighted by Crippen LogP contribution is 2.28. The van der Waals surface area contributed by atoms with Gasteiger partial charge in [-0.15, -0.1) is 0 Å². The van der Waals surface area contributed by atoms with Gasteiger partial charge in [0.2, 0.25) is 0 Å². The standard InChI is InChI=1S/C14H17BrO3/c1-10-6-13(15)7-12(8-16)14(10)18-9-11-2-4-17-5-3-11/h6-8,11H,2-5,9H2,1H3. The van der Waals surface area contributed by atoms with Crippen LogP contribution in [-0.4, -0.2) is 26.1 Å². The van der Waals surface area contributed by atoms with Crippen LogP contribution in [0.5, 0.6) is 5.75 Å². The molecule has 0 aromatic heterocycles. The third-order valence-corrected chi connectivity index (χ3v) is 3.66. The van der Waals surface area contributed by atoms with E-state index in [9.17, 15) is 4.79 Å². The van der Waals surface area contributed by atoms with E-state index in [0.29, 0.717) is 23.8 Å². The molecule has 1 aromatic rings. The molecule has 18 heavy (non-hydrogen) atoms. The quantitative estimate of drug-likeness (QED) is 0.800. The van der Waals surface area contributed by atoms with Crippen LogP contribution in [0, 0.1) is 12.8 Å². The maximum atomic E-state index is 11.1. The fourth-order valence-electron chi connectivity index (χ4n) is 2.15. The molecule has 1 aromatic carbocycles. The lowest BCUT2D eigenvalue weighted by Gasteiger charge is -2.23. The second-order valence-corrected chi connectivity index (χ2v) is 5.54. The van der Waals surface area contributed by atoms with E-state index in [1.165, 1.54) is 0 Å². The number of halogens is 1. The fourth-order valence-corrected chi connectivity index (χ4v) is 2.74. The number of hydrogen-bond acceptors (Lipinski definition) is 3. The summed E-state index contributed by atoms with van der Waals surface area (Å²) in [6.07, 6.45) is 2.91. The van der Waals surface area contributed by atoms with Gasteiger partial charge >= 0.3 is 0 Å². The average Bonchev–Trinajstić information content (AvgIpc) is 2.38. The number of rotatable bonds is 4. The number of aryl methyl sites for hydroxylation is 1. The van der Waals surface area contributed by atoms with E-state index in [1.54, 1.807) is 6.07 Å². The Hall–Kier alpha value is -0.870. The lowest BCUT2D eigenvalue weighted by Crippen LogP contribution is -2.21. The predicted molar refractivity (Wildman–Crippen MR) is 73.3 cm³/mol. The Labute approximate surface area is 116 Å². The molecule has 1 fully saturated rings. The van der Waals surface area contributed by atoms with Crippen LogP contribution < -0.4 is 4.74 Å². The highest BCUT2D eigenvalue weighted by molar-refractivity contribution is 9.10. The van der Waals surface area contributed by atoms with Crippen LogP contribution in [0.25, 0.3) is 0 Å². The molecule has 0 amide bonds. The molecular formula is C14H17BrO3.